The number of methoxy groups -OCH3 is 2. The average Bonchev–Trinajstić information content (AvgIpc) is 2.98. The predicted octanol–water partition coefficient (Wildman–Crippen LogP) is 3.35. The van der Waals surface area contributed by atoms with E-state index in [1.54, 1.807) is 19.9 Å². The van der Waals surface area contributed by atoms with Gasteiger partial charge in [-0.1, -0.05) is 0 Å². The molecule has 0 saturated carbocycles. The van der Waals surface area contributed by atoms with E-state index in [2.05, 4.69) is 5.32 Å². The summed E-state index contributed by atoms with van der Waals surface area (Å²) in [5, 5.41) is 2.98. The molecule has 2 rings (SSSR count). The molecule has 0 radical (unpaired) electrons. The molecule has 1 heterocycles. The maximum atomic E-state index is 12.2. The molecule has 2 aromatic rings. The van der Waals surface area contributed by atoms with Gasteiger partial charge in [0.2, 0.25) is 0 Å². The Kier molecular flexibility index (Phi) is 7.60. The maximum absolute atomic E-state index is 12.2. The Morgan fingerprint density at radius 3 is 2.31 bits per heavy atom. The quantitative estimate of drug-likeness (QED) is 0.652. The van der Waals surface area contributed by atoms with Crippen LogP contribution in [0.3, 0.4) is 0 Å². The molecule has 156 valence electrons. The highest BCUT2D eigenvalue weighted by Crippen LogP contribution is 2.33. The summed E-state index contributed by atoms with van der Waals surface area (Å²) in [6.07, 6.45) is 0. The second-order valence-electron chi connectivity index (χ2n) is 5.90. The number of aryl methyl sites for hydroxylation is 1. The fraction of sp³-hybridized carbons (Fsp3) is 0.350. The SMILES string of the molecule is CCOC(=O)c1c(NC(=O)COC(=O)c2ccc(OC)c(OC)c2)sc(C)c1C. The van der Waals surface area contributed by atoms with E-state index >= 15 is 0 Å². The van der Waals surface area contributed by atoms with Crippen molar-refractivity contribution in [3.8, 4) is 11.5 Å². The zero-order valence-electron chi connectivity index (χ0n) is 16.9. The van der Waals surface area contributed by atoms with Crippen molar-refractivity contribution in [2.75, 3.05) is 32.8 Å². The molecular formula is C20H23NO7S. The van der Waals surface area contributed by atoms with E-state index in [0.717, 1.165) is 10.4 Å². The van der Waals surface area contributed by atoms with Gasteiger partial charge in [-0.05, 0) is 44.5 Å². The average molecular weight is 421 g/mol. The molecule has 1 N–H and O–H groups in total. The molecule has 0 aliphatic rings. The van der Waals surface area contributed by atoms with Gasteiger partial charge in [0.15, 0.2) is 18.1 Å². The summed E-state index contributed by atoms with van der Waals surface area (Å²) in [5.74, 6) is -0.922. The van der Waals surface area contributed by atoms with E-state index in [0.29, 0.717) is 22.1 Å². The number of nitrogens with one attached hydrogen (secondary N) is 1. The first-order chi connectivity index (χ1) is 13.8. The molecule has 0 fully saturated rings. The third kappa shape index (κ3) is 5.26. The molecule has 29 heavy (non-hydrogen) atoms. The summed E-state index contributed by atoms with van der Waals surface area (Å²) in [5.41, 5.74) is 1.27. The van der Waals surface area contributed by atoms with Crippen LogP contribution in [0.4, 0.5) is 5.00 Å². The highest BCUT2D eigenvalue weighted by Gasteiger charge is 2.22. The van der Waals surface area contributed by atoms with Gasteiger partial charge >= 0.3 is 11.9 Å². The fourth-order valence-corrected chi connectivity index (χ4v) is 3.57. The van der Waals surface area contributed by atoms with E-state index in [9.17, 15) is 14.4 Å². The molecule has 9 heteroatoms. The fourth-order valence-electron chi connectivity index (χ4n) is 2.50. The Morgan fingerprint density at radius 1 is 1.00 bits per heavy atom. The highest BCUT2D eigenvalue weighted by molar-refractivity contribution is 7.16. The highest BCUT2D eigenvalue weighted by atomic mass is 32.1. The Morgan fingerprint density at radius 2 is 1.69 bits per heavy atom. The van der Waals surface area contributed by atoms with E-state index in [4.69, 9.17) is 18.9 Å². The third-order valence-electron chi connectivity index (χ3n) is 4.07. The number of hydrogen-bond acceptors (Lipinski definition) is 8. The largest absolute Gasteiger partial charge is 0.493 e. The minimum absolute atomic E-state index is 0.213. The summed E-state index contributed by atoms with van der Waals surface area (Å²) in [7, 11) is 2.94. The van der Waals surface area contributed by atoms with Crippen LogP contribution in [0.15, 0.2) is 18.2 Å². The summed E-state index contributed by atoms with van der Waals surface area (Å²) in [6, 6.07) is 4.54. The van der Waals surface area contributed by atoms with Gasteiger partial charge in [-0.15, -0.1) is 11.3 Å². The van der Waals surface area contributed by atoms with Crippen molar-refractivity contribution in [1.29, 1.82) is 0 Å². The summed E-state index contributed by atoms with van der Waals surface area (Å²) < 4.78 is 20.4. The molecule has 0 bridgehead atoms. The molecule has 8 nitrogen and oxygen atoms in total. The molecule has 0 aliphatic heterocycles. The van der Waals surface area contributed by atoms with Gasteiger partial charge in [0.1, 0.15) is 5.00 Å². The van der Waals surface area contributed by atoms with Gasteiger partial charge in [0.05, 0.1) is 32.0 Å². The van der Waals surface area contributed by atoms with Crippen molar-refractivity contribution in [2.24, 2.45) is 0 Å². The Bertz CT molecular complexity index is 920. The molecule has 0 saturated heterocycles. The van der Waals surface area contributed by atoms with Crippen LogP contribution in [-0.2, 0) is 14.3 Å². The standard InChI is InChI=1S/C20H23NO7S/c1-6-27-20(24)17-11(2)12(3)29-18(17)21-16(22)10-28-19(23)13-7-8-14(25-4)15(9-13)26-5/h7-9H,6,10H2,1-5H3,(H,21,22). The number of carbonyl (C=O) groups excluding carboxylic acids is 3. The first-order valence-corrected chi connectivity index (χ1v) is 9.60. The lowest BCUT2D eigenvalue weighted by Crippen LogP contribution is -2.21. The second-order valence-corrected chi connectivity index (χ2v) is 7.13. The topological polar surface area (TPSA) is 100 Å². The van der Waals surface area contributed by atoms with Gasteiger partial charge in [-0.3, -0.25) is 4.79 Å². The van der Waals surface area contributed by atoms with Gasteiger partial charge in [0.25, 0.3) is 5.91 Å². The smallest absolute Gasteiger partial charge is 0.341 e. The first-order valence-electron chi connectivity index (χ1n) is 8.78. The summed E-state index contributed by atoms with van der Waals surface area (Å²) in [6.45, 7) is 5.05. The van der Waals surface area contributed by atoms with Crippen LogP contribution in [0.1, 0.15) is 38.1 Å². The Labute approximate surface area is 172 Å². The molecule has 0 spiro atoms. The van der Waals surface area contributed by atoms with Crippen LogP contribution in [-0.4, -0.2) is 45.3 Å². The minimum Gasteiger partial charge on any atom is -0.493 e. The van der Waals surface area contributed by atoms with Gasteiger partial charge in [-0.2, -0.15) is 0 Å². The number of anilines is 1. The van der Waals surface area contributed by atoms with Crippen LogP contribution < -0.4 is 14.8 Å². The van der Waals surface area contributed by atoms with Crippen LogP contribution >= 0.6 is 11.3 Å². The van der Waals surface area contributed by atoms with Crippen molar-refractivity contribution in [3.63, 3.8) is 0 Å². The van der Waals surface area contributed by atoms with Crippen molar-refractivity contribution >= 4 is 34.2 Å². The van der Waals surface area contributed by atoms with Crippen molar-refractivity contribution in [2.45, 2.75) is 20.8 Å². The number of esters is 2. The summed E-state index contributed by atoms with van der Waals surface area (Å²) in [4.78, 5) is 37.5. The molecule has 1 aromatic carbocycles. The molecule has 0 unspecified atom stereocenters. The molecule has 1 amide bonds. The molecule has 0 atom stereocenters. The lowest BCUT2D eigenvalue weighted by atomic mass is 10.1. The molecular weight excluding hydrogens is 398 g/mol. The second kappa shape index (κ2) is 9.92. The maximum Gasteiger partial charge on any atom is 0.341 e. The van der Waals surface area contributed by atoms with Crippen LogP contribution in [0.25, 0.3) is 0 Å². The Hall–Kier alpha value is -3.07. The predicted molar refractivity (Wildman–Crippen MR) is 108 cm³/mol. The van der Waals surface area contributed by atoms with E-state index in [1.165, 1.54) is 37.7 Å². The van der Waals surface area contributed by atoms with Gasteiger partial charge < -0.3 is 24.3 Å². The van der Waals surface area contributed by atoms with Gasteiger partial charge in [0, 0.05) is 4.88 Å². The molecule has 1 aromatic heterocycles. The van der Waals surface area contributed by atoms with Crippen molar-refractivity contribution < 1.29 is 33.3 Å². The number of amides is 1. The zero-order chi connectivity index (χ0) is 21.6. The summed E-state index contributed by atoms with van der Waals surface area (Å²) >= 11 is 1.26. The first kappa shape index (κ1) is 22.2. The molecule has 0 aliphatic carbocycles. The number of rotatable bonds is 8. The van der Waals surface area contributed by atoms with E-state index in [1.807, 2.05) is 6.92 Å². The van der Waals surface area contributed by atoms with Crippen molar-refractivity contribution in [3.05, 3.63) is 39.8 Å². The zero-order valence-corrected chi connectivity index (χ0v) is 17.7. The lowest BCUT2D eigenvalue weighted by Gasteiger charge is -2.10. The van der Waals surface area contributed by atoms with E-state index in [-0.39, 0.29) is 12.2 Å². The lowest BCUT2D eigenvalue weighted by molar-refractivity contribution is -0.119. The third-order valence-corrected chi connectivity index (χ3v) is 5.19. The normalized spacial score (nSPS) is 10.2. The number of benzene rings is 1. The van der Waals surface area contributed by atoms with Crippen LogP contribution in [0.5, 0.6) is 11.5 Å². The number of hydrogen-bond donors (Lipinski definition) is 1. The number of ether oxygens (including phenoxy) is 4. The van der Waals surface area contributed by atoms with Crippen LogP contribution in [0.2, 0.25) is 0 Å². The van der Waals surface area contributed by atoms with Crippen LogP contribution in [0, 0.1) is 13.8 Å². The Balaban J connectivity index is 2.04. The van der Waals surface area contributed by atoms with Gasteiger partial charge in [-0.25, -0.2) is 9.59 Å². The monoisotopic (exact) mass is 421 g/mol. The minimum atomic E-state index is -0.690. The van der Waals surface area contributed by atoms with E-state index < -0.39 is 24.5 Å². The van der Waals surface area contributed by atoms with Crippen molar-refractivity contribution in [1.82, 2.24) is 0 Å². The number of carbonyl (C=O) groups is 3. The number of thiophene rings is 1.